The normalized spacial score (nSPS) is 18.9. The van der Waals surface area contributed by atoms with Gasteiger partial charge in [-0.1, -0.05) is 0 Å². The summed E-state index contributed by atoms with van der Waals surface area (Å²) in [7, 11) is 2.18. The van der Waals surface area contributed by atoms with E-state index in [0.717, 1.165) is 24.1 Å². The van der Waals surface area contributed by atoms with E-state index in [2.05, 4.69) is 27.2 Å². The maximum absolute atomic E-state index is 5.79. The van der Waals surface area contributed by atoms with Crippen LogP contribution in [0.2, 0.25) is 0 Å². The second-order valence-electron chi connectivity index (χ2n) is 4.71. The van der Waals surface area contributed by atoms with E-state index in [-0.39, 0.29) is 0 Å². The first-order valence-electron chi connectivity index (χ1n) is 5.89. The molecule has 4 N–H and O–H groups in total. The first-order valence-corrected chi connectivity index (χ1v) is 5.89. The van der Waals surface area contributed by atoms with Gasteiger partial charge in [-0.25, -0.2) is 4.98 Å². The number of hydrogen-bond donors (Lipinski definition) is 3. The average molecular weight is 223 g/mol. The number of nitrogens with one attached hydrogen (secondary N) is 2. The first-order chi connectivity index (χ1) is 7.65. The molecular weight excluding hydrogens is 202 g/mol. The molecule has 5 nitrogen and oxygen atoms in total. The predicted molar refractivity (Wildman–Crippen MR) is 66.4 cm³/mol. The van der Waals surface area contributed by atoms with Crippen molar-refractivity contribution in [1.29, 1.82) is 0 Å². The predicted octanol–water partition coefficient (Wildman–Crippen LogP) is 1.05. The van der Waals surface area contributed by atoms with Crippen LogP contribution in [0.3, 0.4) is 0 Å². The average Bonchev–Trinajstić information content (AvgIpc) is 2.57. The molecule has 90 valence electrons. The Morgan fingerprint density at radius 2 is 2.19 bits per heavy atom. The Morgan fingerprint density at radius 3 is 2.75 bits per heavy atom. The molecule has 16 heavy (non-hydrogen) atoms. The molecule has 0 unspecified atom stereocenters. The largest absolute Gasteiger partial charge is 0.382 e. The van der Waals surface area contributed by atoms with Crippen LogP contribution in [0.25, 0.3) is 0 Å². The molecule has 1 aromatic rings. The number of aromatic amines is 1. The summed E-state index contributed by atoms with van der Waals surface area (Å²) in [5.74, 6) is 3.05. The second-order valence-corrected chi connectivity index (χ2v) is 4.71. The minimum absolute atomic E-state index is 0.644. The Labute approximate surface area is 96.4 Å². The maximum atomic E-state index is 5.79. The number of anilines is 2. The van der Waals surface area contributed by atoms with Crippen LogP contribution >= 0.6 is 0 Å². The van der Waals surface area contributed by atoms with E-state index in [9.17, 15) is 0 Å². The zero-order valence-electron chi connectivity index (χ0n) is 10.1. The van der Waals surface area contributed by atoms with E-state index in [0.29, 0.717) is 5.82 Å². The van der Waals surface area contributed by atoms with Crippen molar-refractivity contribution >= 4 is 11.6 Å². The number of aryl methyl sites for hydroxylation is 1. The van der Waals surface area contributed by atoms with Crippen molar-refractivity contribution in [1.82, 2.24) is 14.9 Å². The molecule has 0 atom stereocenters. The molecule has 1 aliphatic rings. The third-order valence-corrected chi connectivity index (χ3v) is 3.25. The number of piperidine rings is 1. The van der Waals surface area contributed by atoms with Crippen LogP contribution in [0.1, 0.15) is 18.7 Å². The van der Waals surface area contributed by atoms with Crippen LogP contribution < -0.4 is 11.1 Å². The summed E-state index contributed by atoms with van der Waals surface area (Å²) in [6.07, 6.45) is 2.51. The lowest BCUT2D eigenvalue weighted by molar-refractivity contribution is 0.226. The highest BCUT2D eigenvalue weighted by Gasteiger charge is 2.17. The highest BCUT2D eigenvalue weighted by molar-refractivity contribution is 5.56. The minimum Gasteiger partial charge on any atom is -0.382 e. The van der Waals surface area contributed by atoms with Crippen molar-refractivity contribution in [2.45, 2.75) is 19.8 Å². The van der Waals surface area contributed by atoms with Crippen LogP contribution in [0.15, 0.2) is 0 Å². The molecule has 1 fully saturated rings. The van der Waals surface area contributed by atoms with Crippen molar-refractivity contribution in [2.24, 2.45) is 5.92 Å². The van der Waals surface area contributed by atoms with E-state index in [1.165, 1.54) is 25.9 Å². The summed E-state index contributed by atoms with van der Waals surface area (Å²) < 4.78 is 0. The van der Waals surface area contributed by atoms with E-state index in [1.54, 1.807) is 0 Å². The summed E-state index contributed by atoms with van der Waals surface area (Å²) in [5.41, 5.74) is 5.79. The van der Waals surface area contributed by atoms with Crippen molar-refractivity contribution in [3.8, 4) is 0 Å². The molecule has 2 heterocycles. The number of hydrogen-bond acceptors (Lipinski definition) is 4. The zero-order valence-corrected chi connectivity index (χ0v) is 10.1. The Kier molecular flexibility index (Phi) is 3.33. The topological polar surface area (TPSA) is 70.0 Å². The van der Waals surface area contributed by atoms with E-state index in [4.69, 9.17) is 5.73 Å². The van der Waals surface area contributed by atoms with Crippen LogP contribution in [-0.4, -0.2) is 41.5 Å². The maximum Gasteiger partial charge on any atom is 0.168 e. The van der Waals surface area contributed by atoms with Crippen LogP contribution in [0.4, 0.5) is 11.6 Å². The molecule has 2 rings (SSSR count). The highest BCUT2D eigenvalue weighted by atomic mass is 15.1. The highest BCUT2D eigenvalue weighted by Crippen LogP contribution is 2.19. The second kappa shape index (κ2) is 4.74. The minimum atomic E-state index is 0.644. The summed E-state index contributed by atoms with van der Waals surface area (Å²) in [5, 5.41) is 3.33. The van der Waals surface area contributed by atoms with Crippen molar-refractivity contribution in [3.63, 3.8) is 0 Å². The van der Waals surface area contributed by atoms with Gasteiger partial charge >= 0.3 is 0 Å². The van der Waals surface area contributed by atoms with E-state index < -0.39 is 0 Å². The lowest BCUT2D eigenvalue weighted by Crippen LogP contribution is -2.33. The Bertz CT molecular complexity index is 338. The summed E-state index contributed by atoms with van der Waals surface area (Å²) >= 11 is 0. The summed E-state index contributed by atoms with van der Waals surface area (Å²) in [4.78, 5) is 9.68. The lowest BCUT2D eigenvalue weighted by Gasteiger charge is -2.28. The van der Waals surface area contributed by atoms with Crippen LogP contribution in [0.5, 0.6) is 0 Å². The number of nitrogen functional groups attached to an aromatic ring is 1. The molecule has 0 bridgehead atoms. The van der Waals surface area contributed by atoms with Crippen LogP contribution in [0, 0.1) is 12.8 Å². The van der Waals surface area contributed by atoms with Gasteiger partial charge in [-0.15, -0.1) is 0 Å². The Hall–Kier alpha value is -1.23. The molecule has 1 aliphatic heterocycles. The number of nitrogens with two attached hydrogens (primary N) is 1. The Morgan fingerprint density at radius 1 is 1.50 bits per heavy atom. The van der Waals surface area contributed by atoms with Gasteiger partial charge in [-0.05, 0) is 45.8 Å². The zero-order chi connectivity index (χ0) is 11.5. The van der Waals surface area contributed by atoms with Gasteiger partial charge in [0.25, 0.3) is 0 Å². The summed E-state index contributed by atoms with van der Waals surface area (Å²) in [6, 6.07) is 0. The quantitative estimate of drug-likeness (QED) is 0.716. The number of imidazole rings is 1. The standard InChI is InChI=1S/C11H21N5/c1-8-14-10(12)11(15-8)13-7-9-3-5-16(2)6-4-9/h9,13H,3-7,12H2,1-2H3,(H,14,15). The number of H-pyrrole nitrogens is 1. The van der Waals surface area contributed by atoms with Crippen molar-refractivity contribution in [2.75, 3.05) is 37.7 Å². The first kappa shape index (κ1) is 11.3. The monoisotopic (exact) mass is 223 g/mol. The van der Waals surface area contributed by atoms with Crippen LogP contribution in [-0.2, 0) is 0 Å². The van der Waals surface area contributed by atoms with Gasteiger partial charge in [0.15, 0.2) is 5.82 Å². The molecular formula is C11H21N5. The molecule has 5 heteroatoms. The van der Waals surface area contributed by atoms with Gasteiger partial charge in [0.2, 0.25) is 0 Å². The number of rotatable bonds is 3. The Balaban J connectivity index is 1.81. The molecule has 0 radical (unpaired) electrons. The molecule has 1 saturated heterocycles. The molecule has 0 amide bonds. The summed E-state index contributed by atoms with van der Waals surface area (Å²) in [6.45, 7) is 5.28. The van der Waals surface area contributed by atoms with Crippen molar-refractivity contribution in [3.05, 3.63) is 5.82 Å². The smallest absolute Gasteiger partial charge is 0.168 e. The third-order valence-electron chi connectivity index (χ3n) is 3.25. The van der Waals surface area contributed by atoms with Gasteiger partial charge in [0, 0.05) is 6.54 Å². The molecule has 0 aromatic carbocycles. The number of likely N-dealkylation sites (tertiary alicyclic amines) is 1. The van der Waals surface area contributed by atoms with Gasteiger partial charge in [0.05, 0.1) is 0 Å². The fraction of sp³-hybridized carbons (Fsp3) is 0.727. The van der Waals surface area contributed by atoms with Gasteiger partial charge in [-0.2, -0.15) is 0 Å². The van der Waals surface area contributed by atoms with Gasteiger partial charge in [0.1, 0.15) is 11.6 Å². The molecule has 1 aromatic heterocycles. The third kappa shape index (κ3) is 2.66. The molecule has 0 aliphatic carbocycles. The number of aromatic nitrogens is 2. The van der Waals surface area contributed by atoms with Gasteiger partial charge < -0.3 is 20.9 Å². The molecule has 0 spiro atoms. The van der Waals surface area contributed by atoms with Gasteiger partial charge in [-0.3, -0.25) is 0 Å². The van der Waals surface area contributed by atoms with E-state index >= 15 is 0 Å². The fourth-order valence-electron chi connectivity index (χ4n) is 2.15. The number of nitrogens with zero attached hydrogens (tertiary/aromatic N) is 2. The van der Waals surface area contributed by atoms with E-state index in [1.807, 2.05) is 6.92 Å². The van der Waals surface area contributed by atoms with Crippen molar-refractivity contribution < 1.29 is 0 Å². The lowest BCUT2D eigenvalue weighted by atomic mass is 9.97. The fourth-order valence-corrected chi connectivity index (χ4v) is 2.15. The SMILES string of the molecule is Cc1nc(NCC2CCN(C)CC2)c(N)[nH]1. The molecule has 0 saturated carbocycles.